The molecule has 0 bridgehead atoms. The highest BCUT2D eigenvalue weighted by molar-refractivity contribution is 7.84. The summed E-state index contributed by atoms with van der Waals surface area (Å²) in [6.45, 7) is 2.83. The highest BCUT2D eigenvalue weighted by Crippen LogP contribution is 2.26. The molecule has 1 amide bonds. The van der Waals surface area contributed by atoms with Gasteiger partial charge in [0.1, 0.15) is 0 Å². The predicted molar refractivity (Wildman–Crippen MR) is 98.3 cm³/mol. The number of benzene rings is 2. The van der Waals surface area contributed by atoms with Crippen molar-refractivity contribution < 1.29 is 9.00 Å². The van der Waals surface area contributed by atoms with Crippen molar-refractivity contribution in [2.24, 2.45) is 0 Å². The van der Waals surface area contributed by atoms with Crippen molar-refractivity contribution in [3.05, 3.63) is 59.1 Å². The minimum Gasteiger partial charge on any atom is -0.367 e. The van der Waals surface area contributed by atoms with E-state index >= 15 is 0 Å². The van der Waals surface area contributed by atoms with Gasteiger partial charge in [0.25, 0.3) is 5.91 Å². The van der Waals surface area contributed by atoms with E-state index in [1.807, 2.05) is 29.2 Å². The maximum Gasteiger partial charge on any atom is 0.253 e. The second-order valence-electron chi connectivity index (χ2n) is 5.71. The second kappa shape index (κ2) is 7.36. The minimum absolute atomic E-state index is 0.0160. The Morgan fingerprint density at radius 2 is 1.62 bits per heavy atom. The molecule has 2 aromatic carbocycles. The lowest BCUT2D eigenvalue weighted by molar-refractivity contribution is 0.0746. The molecule has 1 saturated heterocycles. The van der Waals surface area contributed by atoms with Crippen LogP contribution in [-0.2, 0) is 10.8 Å². The van der Waals surface area contributed by atoms with Crippen molar-refractivity contribution in [2.45, 2.75) is 4.90 Å². The number of nitrogens with zero attached hydrogens (tertiary/aromatic N) is 2. The molecule has 3 rings (SSSR count). The van der Waals surface area contributed by atoms with Crippen molar-refractivity contribution in [3.8, 4) is 0 Å². The van der Waals surface area contributed by atoms with Gasteiger partial charge >= 0.3 is 0 Å². The number of rotatable bonds is 3. The van der Waals surface area contributed by atoms with Gasteiger partial charge in [0.2, 0.25) is 0 Å². The Balaban J connectivity index is 1.65. The summed E-state index contributed by atoms with van der Waals surface area (Å²) in [6, 6.07) is 14.8. The van der Waals surface area contributed by atoms with Gasteiger partial charge < -0.3 is 9.80 Å². The van der Waals surface area contributed by atoms with E-state index in [4.69, 9.17) is 11.6 Å². The van der Waals surface area contributed by atoms with Crippen LogP contribution in [0.25, 0.3) is 0 Å². The van der Waals surface area contributed by atoms with Crippen LogP contribution in [0.5, 0.6) is 0 Å². The molecule has 1 aliphatic heterocycles. The topological polar surface area (TPSA) is 40.6 Å². The van der Waals surface area contributed by atoms with Gasteiger partial charge in [-0.2, -0.15) is 0 Å². The summed E-state index contributed by atoms with van der Waals surface area (Å²) in [5.74, 6) is 0.0160. The fourth-order valence-electron chi connectivity index (χ4n) is 2.83. The lowest BCUT2D eigenvalue weighted by atomic mass is 10.1. The SMILES string of the molecule is CS(=O)c1ccc(C(=O)N2CCN(c3ccccc3Cl)CC2)cc1. The van der Waals surface area contributed by atoms with E-state index in [9.17, 15) is 9.00 Å². The van der Waals surface area contributed by atoms with Gasteiger partial charge in [-0.3, -0.25) is 9.00 Å². The van der Waals surface area contributed by atoms with Gasteiger partial charge in [-0.15, -0.1) is 0 Å². The molecule has 126 valence electrons. The minimum atomic E-state index is -1.03. The maximum atomic E-state index is 12.6. The van der Waals surface area contributed by atoms with Crippen LogP contribution in [0.4, 0.5) is 5.69 Å². The lowest BCUT2D eigenvalue weighted by Gasteiger charge is -2.36. The normalized spacial score (nSPS) is 16.1. The maximum absolute atomic E-state index is 12.6. The summed E-state index contributed by atoms with van der Waals surface area (Å²) < 4.78 is 11.4. The smallest absolute Gasteiger partial charge is 0.253 e. The van der Waals surface area contributed by atoms with Gasteiger partial charge in [0, 0.05) is 53.7 Å². The average molecular weight is 363 g/mol. The van der Waals surface area contributed by atoms with Crippen LogP contribution >= 0.6 is 11.6 Å². The van der Waals surface area contributed by atoms with Crippen LogP contribution in [0.3, 0.4) is 0 Å². The largest absolute Gasteiger partial charge is 0.367 e. The van der Waals surface area contributed by atoms with Gasteiger partial charge in [-0.05, 0) is 36.4 Å². The van der Waals surface area contributed by atoms with E-state index in [2.05, 4.69) is 4.90 Å². The summed E-state index contributed by atoms with van der Waals surface area (Å²) in [5.41, 5.74) is 1.65. The molecule has 24 heavy (non-hydrogen) atoms. The monoisotopic (exact) mass is 362 g/mol. The molecule has 0 spiro atoms. The molecule has 0 radical (unpaired) electrons. The number of para-hydroxylation sites is 1. The number of anilines is 1. The molecular weight excluding hydrogens is 344 g/mol. The molecule has 1 atom stereocenters. The zero-order valence-corrected chi connectivity index (χ0v) is 15.0. The van der Waals surface area contributed by atoms with E-state index in [1.54, 1.807) is 30.5 Å². The first kappa shape index (κ1) is 17.0. The summed E-state index contributed by atoms with van der Waals surface area (Å²) in [6.07, 6.45) is 1.63. The third kappa shape index (κ3) is 3.62. The Morgan fingerprint density at radius 3 is 2.21 bits per heavy atom. The van der Waals surface area contributed by atoms with E-state index in [-0.39, 0.29) is 5.91 Å². The van der Waals surface area contributed by atoms with E-state index < -0.39 is 10.8 Å². The number of amides is 1. The van der Waals surface area contributed by atoms with Gasteiger partial charge in [0.05, 0.1) is 10.7 Å². The molecule has 6 heteroatoms. The van der Waals surface area contributed by atoms with Crippen LogP contribution in [0.2, 0.25) is 5.02 Å². The number of carbonyl (C=O) groups is 1. The van der Waals surface area contributed by atoms with Crippen molar-refractivity contribution in [1.29, 1.82) is 0 Å². The first-order valence-electron chi connectivity index (χ1n) is 7.78. The molecule has 1 fully saturated rings. The van der Waals surface area contributed by atoms with Gasteiger partial charge in [-0.25, -0.2) is 0 Å². The number of halogens is 1. The van der Waals surface area contributed by atoms with Crippen molar-refractivity contribution in [2.75, 3.05) is 37.3 Å². The average Bonchev–Trinajstić information content (AvgIpc) is 2.62. The Labute approximate surface area is 149 Å². The molecule has 2 aromatic rings. The lowest BCUT2D eigenvalue weighted by Crippen LogP contribution is -2.48. The molecule has 0 aromatic heterocycles. The third-order valence-corrected chi connectivity index (χ3v) is 5.45. The molecule has 1 aliphatic rings. The fraction of sp³-hybridized carbons (Fsp3) is 0.278. The Morgan fingerprint density at radius 1 is 1.00 bits per heavy atom. The van der Waals surface area contributed by atoms with Crippen molar-refractivity contribution in [3.63, 3.8) is 0 Å². The summed E-state index contributed by atoms with van der Waals surface area (Å²) in [5, 5.41) is 0.737. The number of hydrogen-bond donors (Lipinski definition) is 0. The number of carbonyl (C=O) groups excluding carboxylic acids is 1. The summed E-state index contributed by atoms with van der Waals surface area (Å²) in [4.78, 5) is 17.4. The van der Waals surface area contributed by atoms with Crippen molar-refractivity contribution >= 4 is 34.0 Å². The Kier molecular flexibility index (Phi) is 5.21. The zero-order chi connectivity index (χ0) is 17.1. The van der Waals surface area contributed by atoms with Crippen LogP contribution in [0.1, 0.15) is 10.4 Å². The predicted octanol–water partition coefficient (Wildman–Crippen LogP) is 3.04. The van der Waals surface area contributed by atoms with Gasteiger partial charge in [-0.1, -0.05) is 23.7 Å². The van der Waals surface area contributed by atoms with Crippen LogP contribution in [-0.4, -0.2) is 47.5 Å². The van der Waals surface area contributed by atoms with E-state index in [0.717, 1.165) is 28.7 Å². The number of piperazine rings is 1. The van der Waals surface area contributed by atoms with Gasteiger partial charge in [0.15, 0.2) is 0 Å². The Hall–Kier alpha value is -1.85. The van der Waals surface area contributed by atoms with Crippen molar-refractivity contribution in [1.82, 2.24) is 4.90 Å². The fourth-order valence-corrected chi connectivity index (χ4v) is 3.60. The summed E-state index contributed by atoms with van der Waals surface area (Å²) in [7, 11) is -1.03. The Bertz CT molecular complexity index is 756. The molecule has 0 saturated carbocycles. The third-order valence-electron chi connectivity index (χ3n) is 4.19. The standard InChI is InChI=1S/C18H19ClN2O2S/c1-24(23)15-8-6-14(7-9-15)18(22)21-12-10-20(11-13-21)17-5-3-2-4-16(17)19/h2-9H,10-13H2,1H3. The summed E-state index contributed by atoms with van der Waals surface area (Å²) >= 11 is 6.25. The quantitative estimate of drug-likeness (QED) is 0.842. The molecule has 4 nitrogen and oxygen atoms in total. The van der Waals surface area contributed by atoms with E-state index in [1.165, 1.54) is 0 Å². The van der Waals surface area contributed by atoms with Crippen LogP contribution in [0, 0.1) is 0 Å². The first-order valence-corrected chi connectivity index (χ1v) is 9.72. The number of hydrogen-bond acceptors (Lipinski definition) is 3. The van der Waals surface area contributed by atoms with Crippen LogP contribution in [0.15, 0.2) is 53.4 Å². The molecule has 0 N–H and O–H groups in total. The first-order chi connectivity index (χ1) is 11.6. The van der Waals surface area contributed by atoms with Crippen LogP contribution < -0.4 is 4.90 Å². The highest BCUT2D eigenvalue weighted by atomic mass is 35.5. The molecule has 0 aliphatic carbocycles. The van der Waals surface area contributed by atoms with E-state index in [0.29, 0.717) is 18.7 Å². The molecular formula is C18H19ClN2O2S. The highest BCUT2D eigenvalue weighted by Gasteiger charge is 2.23. The second-order valence-corrected chi connectivity index (χ2v) is 7.50. The molecule has 1 unspecified atom stereocenters. The molecule has 1 heterocycles. The zero-order valence-electron chi connectivity index (χ0n) is 13.4.